The second-order valence-electron chi connectivity index (χ2n) is 7.59. The van der Waals surface area contributed by atoms with Crippen LogP contribution in [0.1, 0.15) is 33.4 Å². The van der Waals surface area contributed by atoms with Gasteiger partial charge in [0.2, 0.25) is 0 Å². The number of hydrogen-bond acceptors (Lipinski definition) is 1. The Kier molecular flexibility index (Phi) is 5.22. The van der Waals surface area contributed by atoms with Crippen LogP contribution in [0, 0.1) is 20.8 Å². The lowest BCUT2D eigenvalue weighted by atomic mass is 9.80. The van der Waals surface area contributed by atoms with Crippen LogP contribution in [0.2, 0.25) is 0 Å². The Labute approximate surface area is 173 Å². The number of hydrogen-bond donors (Lipinski definition) is 0. The van der Waals surface area contributed by atoms with Crippen molar-refractivity contribution in [3.05, 3.63) is 137 Å². The fourth-order valence-electron chi connectivity index (χ4n) is 3.97. The highest BCUT2D eigenvalue weighted by Crippen LogP contribution is 2.42. The summed E-state index contributed by atoms with van der Waals surface area (Å²) >= 11 is 0. The molecule has 0 saturated carbocycles. The summed E-state index contributed by atoms with van der Waals surface area (Å²) in [6.45, 7) is 6.40. The first-order valence-electron chi connectivity index (χ1n) is 10.0. The molecule has 0 amide bonds. The van der Waals surface area contributed by atoms with Crippen molar-refractivity contribution >= 4 is 0 Å². The molecule has 0 spiro atoms. The van der Waals surface area contributed by atoms with Crippen LogP contribution < -0.4 is 4.74 Å². The Balaban J connectivity index is 2.04. The van der Waals surface area contributed by atoms with Gasteiger partial charge < -0.3 is 4.74 Å². The quantitative estimate of drug-likeness (QED) is 0.340. The lowest BCUT2D eigenvalue weighted by Gasteiger charge is -2.37. The predicted octanol–water partition coefficient (Wildman–Crippen LogP) is 6.98. The molecule has 4 aromatic carbocycles. The molecule has 0 aromatic heterocycles. The summed E-state index contributed by atoms with van der Waals surface area (Å²) in [7, 11) is 0. The monoisotopic (exact) mass is 378 g/mol. The molecule has 0 aliphatic carbocycles. The van der Waals surface area contributed by atoms with E-state index < -0.39 is 5.60 Å². The Morgan fingerprint density at radius 1 is 0.552 bits per heavy atom. The van der Waals surface area contributed by atoms with Crippen molar-refractivity contribution in [2.45, 2.75) is 26.4 Å². The smallest absolute Gasteiger partial charge is 0.184 e. The van der Waals surface area contributed by atoms with Gasteiger partial charge in [0.05, 0.1) is 0 Å². The standard InChI is InChI=1S/C28H26O/c1-21-19-22(2)23(3)27(20-21)29-28(24-13-7-4-8-14-24,25-15-9-5-10-16-25)26-17-11-6-12-18-26/h4-20H,1-3H3. The topological polar surface area (TPSA) is 9.23 Å². The van der Waals surface area contributed by atoms with E-state index in [1.54, 1.807) is 0 Å². The largest absolute Gasteiger partial charge is 0.473 e. The average Bonchev–Trinajstić information content (AvgIpc) is 2.77. The molecule has 0 atom stereocenters. The van der Waals surface area contributed by atoms with Crippen LogP contribution >= 0.6 is 0 Å². The van der Waals surface area contributed by atoms with E-state index in [9.17, 15) is 0 Å². The summed E-state index contributed by atoms with van der Waals surface area (Å²) in [5.41, 5.74) is 6.19. The molecule has 29 heavy (non-hydrogen) atoms. The van der Waals surface area contributed by atoms with Gasteiger partial charge in [-0.1, -0.05) is 97.1 Å². The van der Waals surface area contributed by atoms with Gasteiger partial charge in [-0.05, 0) is 43.5 Å². The van der Waals surface area contributed by atoms with E-state index in [2.05, 4.69) is 106 Å². The van der Waals surface area contributed by atoms with Gasteiger partial charge in [-0.2, -0.15) is 0 Å². The van der Waals surface area contributed by atoms with E-state index in [0.717, 1.165) is 22.4 Å². The van der Waals surface area contributed by atoms with Crippen molar-refractivity contribution in [2.75, 3.05) is 0 Å². The first kappa shape index (κ1) is 19.0. The molecule has 0 bridgehead atoms. The number of rotatable bonds is 5. The second kappa shape index (κ2) is 7.97. The molecule has 0 aliphatic heterocycles. The first-order valence-corrected chi connectivity index (χ1v) is 10.0. The fraction of sp³-hybridized carbons (Fsp3) is 0.143. The molecular formula is C28H26O. The molecule has 0 N–H and O–H groups in total. The third kappa shape index (κ3) is 3.56. The van der Waals surface area contributed by atoms with Crippen molar-refractivity contribution in [1.82, 2.24) is 0 Å². The Hall–Kier alpha value is -3.32. The molecule has 0 saturated heterocycles. The minimum absolute atomic E-state index is 0.741. The van der Waals surface area contributed by atoms with Crippen LogP contribution in [0.3, 0.4) is 0 Å². The van der Waals surface area contributed by atoms with E-state index in [-0.39, 0.29) is 0 Å². The van der Waals surface area contributed by atoms with Crippen molar-refractivity contribution in [3.63, 3.8) is 0 Å². The molecule has 1 nitrogen and oxygen atoms in total. The van der Waals surface area contributed by atoms with Crippen molar-refractivity contribution in [1.29, 1.82) is 0 Å². The maximum Gasteiger partial charge on any atom is 0.184 e. The molecule has 0 heterocycles. The summed E-state index contributed by atoms with van der Waals surface area (Å²) in [4.78, 5) is 0. The lowest BCUT2D eigenvalue weighted by molar-refractivity contribution is 0.154. The normalized spacial score (nSPS) is 11.3. The van der Waals surface area contributed by atoms with Gasteiger partial charge in [-0.15, -0.1) is 0 Å². The molecule has 4 aromatic rings. The highest BCUT2D eigenvalue weighted by Gasteiger charge is 2.39. The maximum absolute atomic E-state index is 7.05. The zero-order valence-corrected chi connectivity index (χ0v) is 17.2. The molecule has 0 radical (unpaired) electrons. The second-order valence-corrected chi connectivity index (χ2v) is 7.59. The van der Waals surface area contributed by atoms with Crippen LogP contribution in [-0.2, 0) is 5.60 Å². The van der Waals surface area contributed by atoms with Gasteiger partial charge in [-0.25, -0.2) is 0 Å². The Morgan fingerprint density at radius 3 is 1.38 bits per heavy atom. The lowest BCUT2D eigenvalue weighted by Crippen LogP contribution is -2.36. The molecule has 144 valence electrons. The summed E-state index contributed by atoms with van der Waals surface area (Å²) in [5.74, 6) is 0.916. The number of aryl methyl sites for hydroxylation is 2. The SMILES string of the molecule is Cc1cc(C)c(C)c(OC(c2ccccc2)(c2ccccc2)c2ccccc2)c1. The third-order valence-electron chi connectivity index (χ3n) is 5.57. The number of ether oxygens (including phenoxy) is 1. The minimum atomic E-state index is -0.741. The van der Waals surface area contributed by atoms with Crippen LogP contribution in [0.4, 0.5) is 0 Å². The molecule has 0 unspecified atom stereocenters. The maximum atomic E-state index is 7.05. The summed E-state index contributed by atoms with van der Waals surface area (Å²) in [6.07, 6.45) is 0. The third-order valence-corrected chi connectivity index (χ3v) is 5.57. The van der Waals surface area contributed by atoms with Gasteiger partial charge in [0.1, 0.15) is 5.75 Å². The number of benzene rings is 4. The van der Waals surface area contributed by atoms with E-state index in [0.29, 0.717) is 0 Å². The molecule has 1 heteroatoms. The van der Waals surface area contributed by atoms with Gasteiger partial charge in [0.25, 0.3) is 0 Å². The fourth-order valence-corrected chi connectivity index (χ4v) is 3.97. The van der Waals surface area contributed by atoms with Crippen LogP contribution in [0.25, 0.3) is 0 Å². The highest BCUT2D eigenvalue weighted by atomic mass is 16.5. The summed E-state index contributed by atoms with van der Waals surface area (Å²) in [6, 6.07) is 35.9. The zero-order chi connectivity index (χ0) is 20.3. The van der Waals surface area contributed by atoms with Crippen molar-refractivity contribution in [3.8, 4) is 5.75 Å². The van der Waals surface area contributed by atoms with E-state index in [4.69, 9.17) is 4.74 Å². The van der Waals surface area contributed by atoms with Gasteiger partial charge in [-0.3, -0.25) is 0 Å². The van der Waals surface area contributed by atoms with Crippen molar-refractivity contribution in [2.24, 2.45) is 0 Å². The summed E-state index contributed by atoms with van der Waals surface area (Å²) < 4.78 is 7.05. The average molecular weight is 379 g/mol. The van der Waals surface area contributed by atoms with E-state index >= 15 is 0 Å². The molecular weight excluding hydrogens is 352 g/mol. The van der Waals surface area contributed by atoms with E-state index in [1.165, 1.54) is 16.7 Å². The first-order chi connectivity index (χ1) is 14.1. The van der Waals surface area contributed by atoms with E-state index in [1.807, 2.05) is 18.2 Å². The highest BCUT2D eigenvalue weighted by molar-refractivity contribution is 5.51. The predicted molar refractivity (Wildman–Crippen MR) is 120 cm³/mol. The zero-order valence-electron chi connectivity index (χ0n) is 17.2. The molecule has 0 fully saturated rings. The summed E-state index contributed by atoms with van der Waals surface area (Å²) in [5, 5.41) is 0. The van der Waals surface area contributed by atoms with Crippen LogP contribution in [-0.4, -0.2) is 0 Å². The Morgan fingerprint density at radius 2 is 0.966 bits per heavy atom. The Bertz CT molecular complexity index is 987. The van der Waals surface area contributed by atoms with Crippen LogP contribution in [0.5, 0.6) is 5.75 Å². The van der Waals surface area contributed by atoms with Crippen LogP contribution in [0.15, 0.2) is 103 Å². The minimum Gasteiger partial charge on any atom is -0.473 e. The molecule has 0 aliphatic rings. The van der Waals surface area contributed by atoms with Crippen molar-refractivity contribution < 1.29 is 4.74 Å². The molecule has 4 rings (SSSR count). The van der Waals surface area contributed by atoms with Gasteiger partial charge in [0.15, 0.2) is 5.60 Å². The van der Waals surface area contributed by atoms with Gasteiger partial charge >= 0.3 is 0 Å². The van der Waals surface area contributed by atoms with Gasteiger partial charge in [0, 0.05) is 16.7 Å².